The minimum Gasteiger partial charge on any atom is -0.355 e. The summed E-state index contributed by atoms with van der Waals surface area (Å²) in [5.41, 5.74) is 6.58. The van der Waals surface area contributed by atoms with Crippen LogP contribution in [-0.4, -0.2) is 30.9 Å². The van der Waals surface area contributed by atoms with E-state index in [4.69, 9.17) is 5.73 Å². The second kappa shape index (κ2) is 9.02. The molecular weight excluding hydrogens is 310 g/mol. The fourth-order valence-electron chi connectivity index (χ4n) is 1.96. The predicted molar refractivity (Wildman–Crippen MR) is 86.8 cm³/mol. The zero-order chi connectivity index (χ0) is 14.4. The molecule has 2 rings (SSSR count). The van der Waals surface area contributed by atoms with E-state index in [0.717, 1.165) is 0 Å². The first-order chi connectivity index (χ1) is 9.66. The van der Waals surface area contributed by atoms with Crippen LogP contribution in [0.15, 0.2) is 16.8 Å². The maximum absolute atomic E-state index is 11.6. The van der Waals surface area contributed by atoms with Gasteiger partial charge in [0.25, 0.3) is 5.91 Å². The molecule has 0 saturated heterocycles. The molecule has 0 radical (unpaired) electrons. The summed E-state index contributed by atoms with van der Waals surface area (Å²) in [6.45, 7) is 1.07. The molecule has 1 saturated carbocycles. The van der Waals surface area contributed by atoms with Gasteiger partial charge in [-0.2, -0.15) is 11.3 Å². The summed E-state index contributed by atoms with van der Waals surface area (Å²) in [5, 5.41) is 9.31. The number of carbonyl (C=O) groups excluding carboxylic acids is 2. The summed E-state index contributed by atoms with van der Waals surface area (Å²) in [6.07, 6.45) is 3.43. The molecule has 21 heavy (non-hydrogen) atoms. The Morgan fingerprint density at radius 3 is 2.76 bits per heavy atom. The fraction of sp³-hybridized carbons (Fsp3) is 0.571. The van der Waals surface area contributed by atoms with E-state index < -0.39 is 0 Å². The van der Waals surface area contributed by atoms with Crippen LogP contribution < -0.4 is 16.4 Å². The van der Waals surface area contributed by atoms with Gasteiger partial charge in [0, 0.05) is 36.5 Å². The van der Waals surface area contributed by atoms with Crippen LogP contribution in [0.1, 0.15) is 36.0 Å². The van der Waals surface area contributed by atoms with Crippen molar-refractivity contribution in [1.29, 1.82) is 0 Å². The van der Waals surface area contributed by atoms with Crippen molar-refractivity contribution < 1.29 is 9.59 Å². The van der Waals surface area contributed by atoms with Crippen LogP contribution in [0.25, 0.3) is 0 Å². The number of rotatable bonds is 8. The van der Waals surface area contributed by atoms with Crippen molar-refractivity contribution in [2.75, 3.05) is 13.1 Å². The molecule has 1 aliphatic rings. The first-order valence-electron chi connectivity index (χ1n) is 6.99. The Kier molecular flexibility index (Phi) is 7.71. The van der Waals surface area contributed by atoms with E-state index >= 15 is 0 Å². The quantitative estimate of drug-likeness (QED) is 0.632. The minimum absolute atomic E-state index is 0. The molecule has 0 bridgehead atoms. The van der Waals surface area contributed by atoms with E-state index in [2.05, 4.69) is 10.6 Å². The molecule has 1 aromatic heterocycles. The lowest BCUT2D eigenvalue weighted by Gasteiger charge is -2.11. The van der Waals surface area contributed by atoms with Gasteiger partial charge in [0.05, 0.1) is 0 Å². The summed E-state index contributed by atoms with van der Waals surface area (Å²) in [4.78, 5) is 23.2. The molecule has 1 fully saturated rings. The highest BCUT2D eigenvalue weighted by Gasteiger charge is 2.28. The van der Waals surface area contributed by atoms with Crippen LogP contribution in [0.5, 0.6) is 0 Å². The predicted octanol–water partition coefficient (Wildman–Crippen LogP) is 1.53. The van der Waals surface area contributed by atoms with Crippen molar-refractivity contribution in [3.63, 3.8) is 0 Å². The molecule has 4 N–H and O–H groups in total. The Hall–Kier alpha value is -1.11. The highest BCUT2D eigenvalue weighted by atomic mass is 35.5. The fourth-order valence-corrected chi connectivity index (χ4v) is 2.59. The average Bonchev–Trinajstić information content (AvgIpc) is 3.15. The highest BCUT2D eigenvalue weighted by molar-refractivity contribution is 7.08. The molecule has 118 valence electrons. The third kappa shape index (κ3) is 6.46. The molecule has 1 atom stereocenters. The molecule has 1 aromatic rings. The van der Waals surface area contributed by atoms with Crippen LogP contribution in [0, 0.1) is 5.92 Å². The Balaban J connectivity index is 0.00000220. The van der Waals surface area contributed by atoms with Crippen molar-refractivity contribution in [2.24, 2.45) is 11.7 Å². The number of hydrogen-bond donors (Lipinski definition) is 3. The Labute approximate surface area is 135 Å². The van der Waals surface area contributed by atoms with Crippen molar-refractivity contribution >= 4 is 35.6 Å². The second-order valence-corrected chi connectivity index (χ2v) is 5.96. The molecule has 5 nitrogen and oxygen atoms in total. The maximum atomic E-state index is 11.6. The van der Waals surface area contributed by atoms with E-state index in [-0.39, 0.29) is 30.3 Å². The maximum Gasteiger partial charge on any atom is 0.252 e. The number of nitrogens with two attached hydrogens (primary N) is 1. The standard InChI is InChI=1S/C14H21N3O2S.ClH/c15-12(10-3-4-10)8-17-13(18)2-1-6-16-14(19)11-5-7-20-9-11;/h5,7,9-10,12H,1-4,6,8,15H2,(H,16,19)(H,17,18);1H. The van der Waals surface area contributed by atoms with Gasteiger partial charge in [-0.15, -0.1) is 12.4 Å². The number of halogens is 1. The third-order valence-corrected chi connectivity index (χ3v) is 4.10. The van der Waals surface area contributed by atoms with Gasteiger partial charge in [-0.3, -0.25) is 9.59 Å². The van der Waals surface area contributed by atoms with Gasteiger partial charge in [-0.1, -0.05) is 0 Å². The molecule has 1 unspecified atom stereocenters. The highest BCUT2D eigenvalue weighted by Crippen LogP contribution is 2.31. The van der Waals surface area contributed by atoms with Gasteiger partial charge >= 0.3 is 0 Å². The van der Waals surface area contributed by atoms with Gasteiger partial charge in [-0.05, 0) is 36.6 Å². The molecule has 1 heterocycles. The Morgan fingerprint density at radius 1 is 1.38 bits per heavy atom. The lowest BCUT2D eigenvalue weighted by molar-refractivity contribution is -0.121. The number of thiophene rings is 1. The van der Waals surface area contributed by atoms with Crippen molar-refractivity contribution in [3.8, 4) is 0 Å². The monoisotopic (exact) mass is 331 g/mol. The van der Waals surface area contributed by atoms with E-state index in [1.165, 1.54) is 24.2 Å². The van der Waals surface area contributed by atoms with Gasteiger partial charge in [0.2, 0.25) is 5.91 Å². The zero-order valence-corrected chi connectivity index (χ0v) is 13.5. The van der Waals surface area contributed by atoms with Gasteiger partial charge < -0.3 is 16.4 Å². The number of nitrogens with one attached hydrogen (secondary N) is 2. The molecule has 7 heteroatoms. The molecule has 0 spiro atoms. The SMILES string of the molecule is Cl.NC(CNC(=O)CCCNC(=O)c1ccsc1)C1CC1. The summed E-state index contributed by atoms with van der Waals surface area (Å²) < 4.78 is 0. The van der Waals surface area contributed by atoms with Gasteiger partial charge in [-0.25, -0.2) is 0 Å². The first kappa shape index (κ1) is 17.9. The second-order valence-electron chi connectivity index (χ2n) is 5.18. The lowest BCUT2D eigenvalue weighted by Crippen LogP contribution is -2.38. The number of carbonyl (C=O) groups is 2. The van der Waals surface area contributed by atoms with Crippen LogP contribution >= 0.6 is 23.7 Å². The summed E-state index contributed by atoms with van der Waals surface area (Å²) in [6, 6.07) is 1.88. The summed E-state index contributed by atoms with van der Waals surface area (Å²) in [7, 11) is 0. The van der Waals surface area contributed by atoms with E-state index in [9.17, 15) is 9.59 Å². The third-order valence-electron chi connectivity index (χ3n) is 3.41. The number of amides is 2. The Bertz CT molecular complexity index is 449. The zero-order valence-electron chi connectivity index (χ0n) is 11.8. The molecule has 1 aliphatic carbocycles. The molecule has 0 aliphatic heterocycles. The first-order valence-corrected chi connectivity index (χ1v) is 7.94. The van der Waals surface area contributed by atoms with Gasteiger partial charge in [0.1, 0.15) is 0 Å². The van der Waals surface area contributed by atoms with Crippen LogP contribution in [0.4, 0.5) is 0 Å². The molecular formula is C14H22ClN3O2S. The van der Waals surface area contributed by atoms with Crippen molar-refractivity contribution in [3.05, 3.63) is 22.4 Å². The smallest absolute Gasteiger partial charge is 0.252 e. The van der Waals surface area contributed by atoms with E-state index in [1.807, 2.05) is 5.38 Å². The van der Waals surface area contributed by atoms with Crippen LogP contribution in [0.3, 0.4) is 0 Å². The number of hydrogen-bond acceptors (Lipinski definition) is 4. The molecule has 0 aromatic carbocycles. The topological polar surface area (TPSA) is 84.2 Å². The van der Waals surface area contributed by atoms with Crippen molar-refractivity contribution in [2.45, 2.75) is 31.7 Å². The van der Waals surface area contributed by atoms with Gasteiger partial charge in [0.15, 0.2) is 0 Å². The lowest BCUT2D eigenvalue weighted by atomic mass is 10.2. The largest absolute Gasteiger partial charge is 0.355 e. The summed E-state index contributed by atoms with van der Waals surface area (Å²) >= 11 is 1.49. The minimum atomic E-state index is -0.0811. The Morgan fingerprint density at radius 2 is 2.14 bits per heavy atom. The molecule has 2 amide bonds. The van der Waals surface area contributed by atoms with Crippen LogP contribution in [0.2, 0.25) is 0 Å². The average molecular weight is 332 g/mol. The van der Waals surface area contributed by atoms with E-state index in [1.54, 1.807) is 11.4 Å². The van der Waals surface area contributed by atoms with Crippen LogP contribution in [-0.2, 0) is 4.79 Å². The summed E-state index contributed by atoms with van der Waals surface area (Å²) in [5.74, 6) is 0.522. The normalized spacial score (nSPS) is 14.9. The van der Waals surface area contributed by atoms with E-state index in [0.29, 0.717) is 37.4 Å². The van der Waals surface area contributed by atoms with Crippen molar-refractivity contribution in [1.82, 2.24) is 10.6 Å².